The number of hydrogen-bond donors (Lipinski definition) is 2. The Morgan fingerprint density at radius 3 is 2.57 bits per heavy atom. The molecule has 0 saturated heterocycles. The molecule has 0 spiro atoms. The molecule has 1 amide bonds. The largest absolute Gasteiger partial charge is 0.455 e. The van der Waals surface area contributed by atoms with E-state index in [1.54, 1.807) is 25.1 Å². The van der Waals surface area contributed by atoms with E-state index in [0.717, 1.165) is 11.4 Å². The van der Waals surface area contributed by atoms with Gasteiger partial charge in [-0.25, -0.2) is 0 Å². The molecule has 1 atom stereocenters. The van der Waals surface area contributed by atoms with E-state index in [9.17, 15) is 4.79 Å². The Morgan fingerprint density at radius 1 is 0.964 bits per heavy atom. The minimum Gasteiger partial charge on any atom is -0.455 e. The molecule has 0 radical (unpaired) electrons. The maximum Gasteiger partial charge on any atom is 0.246 e. The van der Waals surface area contributed by atoms with Crippen molar-refractivity contribution in [2.24, 2.45) is 0 Å². The Labute approximate surface area is 163 Å². The minimum absolute atomic E-state index is 0.173. The van der Waals surface area contributed by atoms with E-state index in [1.165, 1.54) is 0 Å². The third-order valence-corrected chi connectivity index (χ3v) is 4.26. The fourth-order valence-electron chi connectivity index (χ4n) is 2.81. The first kappa shape index (κ1) is 17.7. The Morgan fingerprint density at radius 2 is 1.71 bits per heavy atom. The maximum absolute atomic E-state index is 12.6. The van der Waals surface area contributed by atoms with Crippen molar-refractivity contribution in [3.05, 3.63) is 72.8 Å². The number of nitrogens with one attached hydrogen (secondary N) is 2. The second-order valence-electron chi connectivity index (χ2n) is 6.33. The van der Waals surface area contributed by atoms with Gasteiger partial charge in [-0.3, -0.25) is 4.79 Å². The lowest BCUT2D eigenvalue weighted by atomic mass is 10.2. The van der Waals surface area contributed by atoms with E-state index in [4.69, 9.17) is 14.2 Å². The van der Waals surface area contributed by atoms with Crippen LogP contribution in [0.5, 0.6) is 23.0 Å². The number of para-hydroxylation sites is 3. The number of ether oxygens (including phenoxy) is 3. The number of rotatable bonds is 6. The van der Waals surface area contributed by atoms with E-state index >= 15 is 0 Å². The predicted molar refractivity (Wildman–Crippen MR) is 107 cm³/mol. The van der Waals surface area contributed by atoms with Crippen molar-refractivity contribution in [1.29, 1.82) is 0 Å². The van der Waals surface area contributed by atoms with Crippen molar-refractivity contribution in [1.82, 2.24) is 0 Å². The van der Waals surface area contributed by atoms with Crippen LogP contribution in [0, 0.1) is 0 Å². The first-order valence-corrected chi connectivity index (χ1v) is 8.98. The summed E-state index contributed by atoms with van der Waals surface area (Å²) >= 11 is 0. The van der Waals surface area contributed by atoms with E-state index in [1.807, 2.05) is 54.6 Å². The van der Waals surface area contributed by atoms with Crippen LogP contribution in [0.3, 0.4) is 0 Å². The molecular formula is C22H20N2O4. The monoisotopic (exact) mass is 376 g/mol. The zero-order valence-electron chi connectivity index (χ0n) is 15.3. The summed E-state index contributed by atoms with van der Waals surface area (Å²) in [7, 11) is 0. The van der Waals surface area contributed by atoms with Gasteiger partial charge in [-0.1, -0.05) is 30.3 Å². The molecule has 0 aromatic heterocycles. The highest BCUT2D eigenvalue weighted by Crippen LogP contribution is 2.34. The fourth-order valence-corrected chi connectivity index (χ4v) is 2.81. The van der Waals surface area contributed by atoms with E-state index in [2.05, 4.69) is 10.6 Å². The van der Waals surface area contributed by atoms with Gasteiger partial charge in [-0.15, -0.1) is 0 Å². The molecule has 1 aliphatic heterocycles. The molecule has 3 aromatic carbocycles. The molecule has 0 fully saturated rings. The molecule has 0 bridgehead atoms. The van der Waals surface area contributed by atoms with Gasteiger partial charge in [0, 0.05) is 11.8 Å². The molecule has 6 nitrogen and oxygen atoms in total. The molecule has 0 unspecified atom stereocenters. The molecule has 3 aromatic rings. The normalized spacial score (nSPS) is 12.9. The number of benzene rings is 3. The van der Waals surface area contributed by atoms with Crippen LogP contribution >= 0.6 is 0 Å². The second-order valence-corrected chi connectivity index (χ2v) is 6.33. The lowest BCUT2D eigenvalue weighted by molar-refractivity contribution is -0.116. The lowest BCUT2D eigenvalue weighted by Crippen LogP contribution is -2.31. The summed E-state index contributed by atoms with van der Waals surface area (Å²) < 4.78 is 16.6. The highest BCUT2D eigenvalue weighted by atomic mass is 16.7. The highest BCUT2D eigenvalue weighted by Gasteiger charge is 2.18. The molecule has 1 heterocycles. The number of amides is 1. The van der Waals surface area contributed by atoms with Crippen molar-refractivity contribution in [3.8, 4) is 23.0 Å². The van der Waals surface area contributed by atoms with E-state index in [-0.39, 0.29) is 12.7 Å². The maximum atomic E-state index is 12.6. The molecule has 0 aliphatic carbocycles. The van der Waals surface area contributed by atoms with E-state index < -0.39 is 6.04 Å². The summed E-state index contributed by atoms with van der Waals surface area (Å²) in [5.41, 5.74) is 1.39. The third kappa shape index (κ3) is 4.01. The summed E-state index contributed by atoms with van der Waals surface area (Å²) in [6, 6.07) is 21.9. The first-order valence-electron chi connectivity index (χ1n) is 8.98. The predicted octanol–water partition coefficient (Wildman–Crippen LogP) is 4.65. The van der Waals surface area contributed by atoms with Crippen LogP contribution < -0.4 is 24.8 Å². The topological polar surface area (TPSA) is 68.8 Å². The summed E-state index contributed by atoms with van der Waals surface area (Å²) in [4.78, 5) is 12.6. The number of anilines is 2. The van der Waals surface area contributed by atoms with Crippen molar-refractivity contribution >= 4 is 17.3 Å². The Kier molecular flexibility index (Phi) is 5.01. The molecule has 1 aliphatic rings. The number of carbonyl (C=O) groups is 1. The fraction of sp³-hybridized carbons (Fsp3) is 0.136. The average Bonchev–Trinajstić information content (AvgIpc) is 3.18. The van der Waals surface area contributed by atoms with Gasteiger partial charge >= 0.3 is 0 Å². The van der Waals surface area contributed by atoms with Crippen molar-refractivity contribution < 1.29 is 19.0 Å². The molecule has 2 N–H and O–H groups in total. The summed E-state index contributed by atoms with van der Waals surface area (Å²) in [5, 5.41) is 6.09. The van der Waals surface area contributed by atoms with Gasteiger partial charge in [0.25, 0.3) is 0 Å². The Hall–Kier alpha value is -3.67. The van der Waals surface area contributed by atoms with Gasteiger partial charge in [0.2, 0.25) is 12.7 Å². The summed E-state index contributed by atoms with van der Waals surface area (Å²) in [6.07, 6.45) is 0. The van der Waals surface area contributed by atoms with Gasteiger partial charge in [0.1, 0.15) is 11.8 Å². The van der Waals surface area contributed by atoms with Gasteiger partial charge in [-0.2, -0.15) is 0 Å². The molecule has 0 saturated carbocycles. The second kappa shape index (κ2) is 7.92. The van der Waals surface area contributed by atoms with Crippen LogP contribution in [-0.4, -0.2) is 18.7 Å². The zero-order chi connectivity index (χ0) is 19.3. The first-order chi connectivity index (χ1) is 13.7. The number of hydrogen-bond acceptors (Lipinski definition) is 5. The van der Waals surface area contributed by atoms with Crippen LogP contribution in [0.2, 0.25) is 0 Å². The average molecular weight is 376 g/mol. The standard InChI is InChI=1S/C22H20N2O4/c1-15(22(25)24-16-11-12-20-21(13-16)27-14-26-20)23-18-9-5-6-10-19(18)28-17-7-3-2-4-8-17/h2-13,15,23H,14H2,1H3,(H,24,25)/t15-/m1/s1. The SMILES string of the molecule is C[C@@H](Nc1ccccc1Oc1ccccc1)C(=O)Nc1ccc2c(c1)OCO2. The van der Waals surface area contributed by atoms with Gasteiger partial charge in [0.05, 0.1) is 5.69 Å². The summed E-state index contributed by atoms with van der Waals surface area (Å²) in [5.74, 6) is 2.51. The number of fused-ring (bicyclic) bond motifs is 1. The van der Waals surface area contributed by atoms with Crippen molar-refractivity contribution in [2.45, 2.75) is 13.0 Å². The quantitative estimate of drug-likeness (QED) is 0.656. The molecule has 4 rings (SSSR count). The third-order valence-electron chi connectivity index (χ3n) is 4.26. The smallest absolute Gasteiger partial charge is 0.246 e. The Balaban J connectivity index is 1.43. The number of carbonyl (C=O) groups excluding carboxylic acids is 1. The van der Waals surface area contributed by atoms with Gasteiger partial charge in [0.15, 0.2) is 17.2 Å². The van der Waals surface area contributed by atoms with Crippen LogP contribution in [0.4, 0.5) is 11.4 Å². The Bertz CT molecular complexity index is 975. The highest BCUT2D eigenvalue weighted by molar-refractivity contribution is 5.96. The van der Waals surface area contributed by atoms with Crippen molar-refractivity contribution in [2.75, 3.05) is 17.4 Å². The van der Waals surface area contributed by atoms with Crippen molar-refractivity contribution in [3.63, 3.8) is 0 Å². The van der Waals surface area contributed by atoms with Crippen LogP contribution in [0.15, 0.2) is 72.8 Å². The molecule has 28 heavy (non-hydrogen) atoms. The summed E-state index contributed by atoms with van der Waals surface area (Å²) in [6.45, 7) is 1.99. The minimum atomic E-state index is -0.481. The van der Waals surface area contributed by atoms with E-state index in [0.29, 0.717) is 22.9 Å². The molecular weight excluding hydrogens is 356 g/mol. The van der Waals surface area contributed by atoms with Gasteiger partial charge < -0.3 is 24.8 Å². The van der Waals surface area contributed by atoms with Crippen LogP contribution in [0.1, 0.15) is 6.92 Å². The van der Waals surface area contributed by atoms with Crippen LogP contribution in [0.25, 0.3) is 0 Å². The molecule has 6 heteroatoms. The zero-order valence-corrected chi connectivity index (χ0v) is 15.3. The lowest BCUT2D eigenvalue weighted by Gasteiger charge is -2.18. The molecule has 142 valence electrons. The van der Waals surface area contributed by atoms with Gasteiger partial charge in [-0.05, 0) is 43.3 Å². The van der Waals surface area contributed by atoms with Crippen LogP contribution in [-0.2, 0) is 4.79 Å².